The molecule has 7 heteroatoms. The van der Waals surface area contributed by atoms with Gasteiger partial charge in [-0.05, 0) is 25.0 Å². The van der Waals surface area contributed by atoms with Crippen LogP contribution >= 0.6 is 0 Å². The molecule has 0 heterocycles. The first-order chi connectivity index (χ1) is 8.50. The van der Waals surface area contributed by atoms with Crippen LogP contribution in [0.2, 0.25) is 0 Å². The highest BCUT2D eigenvalue weighted by Gasteiger charge is 2.45. The minimum Gasteiger partial charge on any atom is -0.294 e. The largest absolute Gasteiger partial charge is 0.417 e. The summed E-state index contributed by atoms with van der Waals surface area (Å²) in [6.45, 7) is 2.29. The molecule has 106 valence electrons. The van der Waals surface area contributed by atoms with E-state index in [1.807, 2.05) is 0 Å². The fraction of sp³-hybridized carbons (Fsp3) is 0.417. The van der Waals surface area contributed by atoms with E-state index in [2.05, 4.69) is 0 Å². The zero-order chi connectivity index (χ0) is 15.0. The number of hydrogen-bond acceptors (Lipinski definition) is 1. The topological polar surface area (TPSA) is 17.1 Å². The molecule has 0 aliphatic carbocycles. The van der Waals surface area contributed by atoms with E-state index in [0.717, 1.165) is 13.0 Å². The van der Waals surface area contributed by atoms with Crippen LogP contribution in [0.4, 0.5) is 26.3 Å². The van der Waals surface area contributed by atoms with Crippen molar-refractivity contribution in [3.63, 3.8) is 0 Å². The Labute approximate surface area is 105 Å². The summed E-state index contributed by atoms with van der Waals surface area (Å²) < 4.78 is 76.5. The fourth-order valence-corrected chi connectivity index (χ4v) is 1.87. The lowest BCUT2D eigenvalue weighted by atomic mass is 9.91. The van der Waals surface area contributed by atoms with Gasteiger partial charge < -0.3 is 0 Å². The van der Waals surface area contributed by atoms with Crippen LogP contribution in [-0.4, -0.2) is 5.78 Å². The van der Waals surface area contributed by atoms with Gasteiger partial charge in [0.2, 0.25) is 0 Å². The van der Waals surface area contributed by atoms with Gasteiger partial charge in [0.1, 0.15) is 0 Å². The smallest absolute Gasteiger partial charge is 0.294 e. The van der Waals surface area contributed by atoms with Crippen LogP contribution in [0, 0.1) is 0 Å². The summed E-state index contributed by atoms with van der Waals surface area (Å²) in [5.41, 5.74) is -4.67. The van der Waals surface area contributed by atoms with E-state index in [4.69, 9.17) is 0 Å². The Balaban J connectivity index is 3.81. The van der Waals surface area contributed by atoms with E-state index in [9.17, 15) is 31.1 Å². The number of halogens is 6. The lowest BCUT2D eigenvalue weighted by molar-refractivity contribution is -0.162. The zero-order valence-corrected chi connectivity index (χ0v) is 10.0. The second kappa shape index (κ2) is 4.86. The molecular weight excluding hydrogens is 274 g/mol. The monoisotopic (exact) mass is 284 g/mol. The summed E-state index contributed by atoms with van der Waals surface area (Å²) in [4.78, 5) is 11.3. The number of rotatable bonds is 2. The van der Waals surface area contributed by atoms with Crippen molar-refractivity contribution in [3.8, 4) is 0 Å². The van der Waals surface area contributed by atoms with Gasteiger partial charge in [0, 0.05) is 5.56 Å². The highest BCUT2D eigenvalue weighted by molar-refractivity contribution is 5.97. The second-order valence-electron chi connectivity index (χ2n) is 3.93. The molecule has 0 N–H and O–H groups in total. The number of alkyl halides is 6. The molecule has 0 atom stereocenters. The normalized spacial score (nSPS) is 12.6. The SMILES string of the molecule is CCc1ccc(C(F)(F)F)c(C(F)(F)F)c1C(C)=O. The van der Waals surface area contributed by atoms with Gasteiger partial charge in [-0.25, -0.2) is 0 Å². The Kier molecular flexibility index (Phi) is 3.97. The number of benzene rings is 1. The van der Waals surface area contributed by atoms with Crippen LogP contribution in [0.25, 0.3) is 0 Å². The summed E-state index contributed by atoms with van der Waals surface area (Å²) >= 11 is 0. The summed E-state index contributed by atoms with van der Waals surface area (Å²) in [7, 11) is 0. The lowest BCUT2D eigenvalue weighted by Gasteiger charge is -2.20. The van der Waals surface area contributed by atoms with Crippen LogP contribution < -0.4 is 0 Å². The van der Waals surface area contributed by atoms with Gasteiger partial charge in [0.05, 0.1) is 11.1 Å². The molecule has 0 aromatic heterocycles. The average Bonchev–Trinajstić information content (AvgIpc) is 2.24. The minimum absolute atomic E-state index is 0.0378. The van der Waals surface area contributed by atoms with Gasteiger partial charge in [0.25, 0.3) is 0 Å². The first-order valence-electron chi connectivity index (χ1n) is 5.31. The Morgan fingerprint density at radius 2 is 1.58 bits per heavy atom. The molecule has 0 bridgehead atoms. The number of hydrogen-bond donors (Lipinski definition) is 0. The molecule has 0 fully saturated rings. The zero-order valence-electron chi connectivity index (χ0n) is 10.0. The van der Waals surface area contributed by atoms with Gasteiger partial charge in [-0.3, -0.25) is 4.79 Å². The Bertz CT molecular complexity index is 498. The average molecular weight is 284 g/mol. The molecule has 1 aromatic carbocycles. The third kappa shape index (κ3) is 3.08. The van der Waals surface area contributed by atoms with Crippen LogP contribution in [0.3, 0.4) is 0 Å². The molecule has 0 amide bonds. The number of ketones is 1. The van der Waals surface area contributed by atoms with Crippen LogP contribution in [0.1, 0.15) is 40.9 Å². The first-order valence-corrected chi connectivity index (χ1v) is 5.31. The maximum absolute atomic E-state index is 12.9. The number of carbonyl (C=O) groups is 1. The predicted molar refractivity (Wildman–Crippen MR) is 55.8 cm³/mol. The Hall–Kier alpha value is -1.53. The van der Waals surface area contributed by atoms with Crippen molar-refractivity contribution >= 4 is 5.78 Å². The van der Waals surface area contributed by atoms with Crippen molar-refractivity contribution < 1.29 is 31.1 Å². The highest BCUT2D eigenvalue weighted by Crippen LogP contribution is 2.43. The number of Topliss-reactive ketones (excluding diaryl/α,β-unsaturated/α-hetero) is 1. The molecule has 19 heavy (non-hydrogen) atoms. The molecule has 1 rings (SSSR count). The standard InChI is InChI=1S/C12H10F6O/c1-3-7-4-5-8(11(13,14)15)10(12(16,17)18)9(7)6(2)19/h4-5H,3H2,1-2H3. The van der Waals surface area contributed by atoms with Crippen molar-refractivity contribution in [1.29, 1.82) is 0 Å². The van der Waals surface area contributed by atoms with E-state index in [-0.39, 0.29) is 12.0 Å². The van der Waals surface area contributed by atoms with Crippen molar-refractivity contribution in [2.45, 2.75) is 32.6 Å². The van der Waals surface area contributed by atoms with Crippen LogP contribution in [-0.2, 0) is 18.8 Å². The maximum atomic E-state index is 12.9. The van der Waals surface area contributed by atoms with Crippen molar-refractivity contribution in [2.24, 2.45) is 0 Å². The second-order valence-corrected chi connectivity index (χ2v) is 3.93. The molecule has 0 saturated carbocycles. The van der Waals surface area contributed by atoms with Gasteiger partial charge in [-0.2, -0.15) is 26.3 Å². The predicted octanol–water partition coefficient (Wildman–Crippen LogP) is 4.49. The Morgan fingerprint density at radius 3 is 1.89 bits per heavy atom. The molecule has 0 radical (unpaired) electrons. The van der Waals surface area contributed by atoms with E-state index < -0.39 is 34.8 Å². The van der Waals surface area contributed by atoms with E-state index >= 15 is 0 Å². The number of aryl methyl sites for hydroxylation is 1. The van der Waals surface area contributed by atoms with E-state index in [0.29, 0.717) is 6.07 Å². The fourth-order valence-electron chi connectivity index (χ4n) is 1.87. The third-order valence-electron chi connectivity index (χ3n) is 2.61. The van der Waals surface area contributed by atoms with E-state index in [1.54, 1.807) is 0 Å². The van der Waals surface area contributed by atoms with Crippen molar-refractivity contribution in [1.82, 2.24) is 0 Å². The Morgan fingerprint density at radius 1 is 1.05 bits per heavy atom. The lowest BCUT2D eigenvalue weighted by Crippen LogP contribution is -2.21. The van der Waals surface area contributed by atoms with Crippen LogP contribution in [0.15, 0.2) is 12.1 Å². The van der Waals surface area contributed by atoms with Crippen molar-refractivity contribution in [2.75, 3.05) is 0 Å². The molecule has 0 aliphatic rings. The maximum Gasteiger partial charge on any atom is 0.417 e. The number of carbonyl (C=O) groups excluding carboxylic acids is 1. The van der Waals surface area contributed by atoms with Gasteiger partial charge in [-0.1, -0.05) is 13.0 Å². The summed E-state index contributed by atoms with van der Waals surface area (Å²) in [5, 5.41) is 0. The van der Waals surface area contributed by atoms with Gasteiger partial charge in [-0.15, -0.1) is 0 Å². The first kappa shape index (κ1) is 15.5. The highest BCUT2D eigenvalue weighted by atomic mass is 19.4. The quantitative estimate of drug-likeness (QED) is 0.577. The molecule has 0 unspecified atom stereocenters. The summed E-state index contributed by atoms with van der Waals surface area (Å²) in [6, 6.07) is 1.28. The molecule has 0 spiro atoms. The van der Waals surface area contributed by atoms with Gasteiger partial charge in [0.15, 0.2) is 5.78 Å². The van der Waals surface area contributed by atoms with Gasteiger partial charge >= 0.3 is 12.4 Å². The molecule has 1 aromatic rings. The summed E-state index contributed by atoms with van der Waals surface area (Å²) in [5.74, 6) is -1.03. The summed E-state index contributed by atoms with van der Waals surface area (Å²) in [6.07, 6.45) is -10.4. The van der Waals surface area contributed by atoms with Crippen LogP contribution in [0.5, 0.6) is 0 Å². The molecule has 1 nitrogen and oxygen atoms in total. The third-order valence-corrected chi connectivity index (χ3v) is 2.61. The van der Waals surface area contributed by atoms with Crippen molar-refractivity contribution in [3.05, 3.63) is 34.4 Å². The molecular formula is C12H10F6O. The van der Waals surface area contributed by atoms with E-state index in [1.165, 1.54) is 6.92 Å². The minimum atomic E-state index is -5.24. The molecule has 0 saturated heterocycles. The molecule has 0 aliphatic heterocycles.